The molecule has 27 heavy (non-hydrogen) atoms. The van der Waals surface area contributed by atoms with Crippen LogP contribution < -0.4 is 0 Å². The Morgan fingerprint density at radius 3 is 2.93 bits per heavy atom. The van der Waals surface area contributed by atoms with Crippen LogP contribution in [0.4, 0.5) is 4.39 Å². The molecule has 140 valence electrons. The molecule has 1 aliphatic rings. The van der Waals surface area contributed by atoms with Crippen molar-refractivity contribution < 1.29 is 13.6 Å². The zero-order valence-electron chi connectivity index (χ0n) is 14.9. The van der Waals surface area contributed by atoms with Crippen LogP contribution in [0.5, 0.6) is 0 Å². The van der Waals surface area contributed by atoms with E-state index in [1.54, 1.807) is 35.4 Å². The Labute approximate surface area is 156 Å². The van der Waals surface area contributed by atoms with Gasteiger partial charge < -0.3 is 9.32 Å². The maximum atomic E-state index is 13.0. The van der Waals surface area contributed by atoms with Crippen LogP contribution >= 0.6 is 0 Å². The zero-order valence-corrected chi connectivity index (χ0v) is 14.9. The number of amides is 1. The molecule has 3 aromatic rings. The molecule has 0 saturated carbocycles. The van der Waals surface area contributed by atoms with Crippen molar-refractivity contribution in [2.45, 2.75) is 31.7 Å². The number of likely N-dealkylation sites (tertiary alicyclic amines) is 1. The molecule has 6 nitrogen and oxygen atoms in total. The second kappa shape index (κ2) is 7.73. The number of oxazole rings is 1. The van der Waals surface area contributed by atoms with Gasteiger partial charge in [0.05, 0.1) is 12.1 Å². The molecule has 2 aromatic heterocycles. The molecule has 1 atom stereocenters. The first-order valence-electron chi connectivity index (χ1n) is 9.11. The zero-order chi connectivity index (χ0) is 18.6. The molecular weight excluding hydrogens is 347 g/mol. The van der Waals surface area contributed by atoms with E-state index in [4.69, 9.17) is 4.42 Å². The van der Waals surface area contributed by atoms with Crippen LogP contribution in [0.2, 0.25) is 0 Å². The number of rotatable bonds is 5. The van der Waals surface area contributed by atoms with Gasteiger partial charge in [0.25, 0.3) is 0 Å². The summed E-state index contributed by atoms with van der Waals surface area (Å²) < 4.78 is 20.6. The van der Waals surface area contributed by atoms with Crippen molar-refractivity contribution >= 4 is 5.91 Å². The predicted octanol–water partition coefficient (Wildman–Crippen LogP) is 3.01. The molecule has 0 spiro atoms. The van der Waals surface area contributed by atoms with E-state index in [0.717, 1.165) is 30.7 Å². The summed E-state index contributed by atoms with van der Waals surface area (Å²) in [5, 5.41) is 4.09. The molecule has 1 fully saturated rings. The molecule has 0 unspecified atom stereocenters. The molecule has 1 aromatic carbocycles. The van der Waals surface area contributed by atoms with E-state index in [1.807, 2.05) is 11.0 Å². The lowest BCUT2D eigenvalue weighted by molar-refractivity contribution is -0.133. The van der Waals surface area contributed by atoms with Crippen LogP contribution in [0.1, 0.15) is 36.0 Å². The Kier molecular flexibility index (Phi) is 5.00. The average molecular weight is 368 g/mol. The van der Waals surface area contributed by atoms with Gasteiger partial charge in [-0.15, -0.1) is 0 Å². The number of nitrogens with zero attached hydrogens (tertiary/aromatic N) is 4. The second-order valence-corrected chi connectivity index (χ2v) is 6.85. The van der Waals surface area contributed by atoms with Gasteiger partial charge in [-0.05, 0) is 36.6 Å². The van der Waals surface area contributed by atoms with Crippen LogP contribution in [0.15, 0.2) is 53.3 Å². The molecule has 0 N–H and O–H groups in total. The summed E-state index contributed by atoms with van der Waals surface area (Å²) in [6, 6.07) is 8.18. The normalized spacial score (nSPS) is 17.2. The van der Waals surface area contributed by atoms with Crippen LogP contribution in [-0.2, 0) is 17.8 Å². The van der Waals surface area contributed by atoms with Crippen LogP contribution in [0, 0.1) is 5.82 Å². The number of halogens is 1. The van der Waals surface area contributed by atoms with Gasteiger partial charge >= 0.3 is 0 Å². The molecule has 1 aliphatic heterocycles. The summed E-state index contributed by atoms with van der Waals surface area (Å²) in [7, 11) is 0. The summed E-state index contributed by atoms with van der Waals surface area (Å²) >= 11 is 0. The van der Waals surface area contributed by atoms with E-state index in [2.05, 4.69) is 10.1 Å². The van der Waals surface area contributed by atoms with Crippen LogP contribution in [0.3, 0.4) is 0 Å². The van der Waals surface area contributed by atoms with Crippen molar-refractivity contribution in [1.29, 1.82) is 0 Å². The minimum atomic E-state index is -0.251. The summed E-state index contributed by atoms with van der Waals surface area (Å²) in [4.78, 5) is 18.8. The summed E-state index contributed by atoms with van der Waals surface area (Å²) in [6.07, 6.45) is 7.62. The van der Waals surface area contributed by atoms with Crippen molar-refractivity contribution in [3.8, 4) is 0 Å². The van der Waals surface area contributed by atoms with E-state index in [0.29, 0.717) is 18.9 Å². The van der Waals surface area contributed by atoms with Crippen molar-refractivity contribution in [3.63, 3.8) is 0 Å². The highest BCUT2D eigenvalue weighted by Gasteiger charge is 2.28. The first-order valence-corrected chi connectivity index (χ1v) is 9.11. The molecule has 1 amide bonds. The van der Waals surface area contributed by atoms with Crippen LogP contribution in [-0.4, -0.2) is 38.7 Å². The summed E-state index contributed by atoms with van der Waals surface area (Å²) in [6.45, 7) is 1.61. The molecule has 7 heteroatoms. The summed E-state index contributed by atoms with van der Waals surface area (Å²) in [5.41, 5.74) is 0.971. The third-order valence-corrected chi connectivity index (χ3v) is 4.84. The molecule has 0 aliphatic carbocycles. The van der Waals surface area contributed by atoms with Crippen molar-refractivity contribution in [2.24, 2.45) is 0 Å². The minimum Gasteiger partial charge on any atom is -0.445 e. The maximum absolute atomic E-state index is 13.0. The number of carbonyl (C=O) groups excluding carboxylic acids is 1. The van der Waals surface area contributed by atoms with Gasteiger partial charge in [-0.1, -0.05) is 12.1 Å². The Bertz CT molecular complexity index is 889. The lowest BCUT2D eigenvalue weighted by Crippen LogP contribution is -2.41. The van der Waals surface area contributed by atoms with Gasteiger partial charge in [-0.2, -0.15) is 5.10 Å². The first kappa shape index (κ1) is 17.5. The number of aromatic nitrogens is 3. The Morgan fingerprint density at radius 1 is 1.30 bits per heavy atom. The number of carbonyl (C=O) groups is 1. The minimum absolute atomic E-state index is 0.0569. The highest BCUT2D eigenvalue weighted by atomic mass is 19.1. The SMILES string of the molecule is O=C(Cn1cccn1)N1CCC[C@@H](c2ncc(Cc3ccc(F)cc3)o2)C1. The third kappa shape index (κ3) is 4.24. The number of benzene rings is 1. The van der Waals surface area contributed by atoms with E-state index < -0.39 is 0 Å². The fourth-order valence-corrected chi connectivity index (χ4v) is 3.43. The molecule has 0 radical (unpaired) electrons. The highest BCUT2D eigenvalue weighted by Crippen LogP contribution is 2.27. The maximum Gasteiger partial charge on any atom is 0.244 e. The third-order valence-electron chi connectivity index (χ3n) is 4.84. The van der Waals surface area contributed by atoms with Crippen molar-refractivity contribution in [3.05, 3.63) is 72.0 Å². The molecule has 4 rings (SSSR count). The molecule has 3 heterocycles. The average Bonchev–Trinajstić information content (AvgIpc) is 3.36. The van der Waals surface area contributed by atoms with E-state index in [-0.39, 0.29) is 24.2 Å². The molecule has 0 bridgehead atoms. The van der Waals surface area contributed by atoms with Gasteiger partial charge in [0.2, 0.25) is 5.91 Å². The fraction of sp³-hybridized carbons (Fsp3) is 0.350. The van der Waals surface area contributed by atoms with Crippen molar-refractivity contribution in [1.82, 2.24) is 19.7 Å². The topological polar surface area (TPSA) is 64.2 Å². The quantitative estimate of drug-likeness (QED) is 0.694. The summed E-state index contributed by atoms with van der Waals surface area (Å²) in [5.74, 6) is 1.32. The predicted molar refractivity (Wildman–Crippen MR) is 96.5 cm³/mol. The largest absolute Gasteiger partial charge is 0.445 e. The van der Waals surface area contributed by atoms with Crippen molar-refractivity contribution in [2.75, 3.05) is 13.1 Å². The van der Waals surface area contributed by atoms with Gasteiger partial charge in [0.1, 0.15) is 18.1 Å². The smallest absolute Gasteiger partial charge is 0.244 e. The van der Waals surface area contributed by atoms with Gasteiger partial charge in [0, 0.05) is 31.9 Å². The first-order chi connectivity index (χ1) is 13.2. The monoisotopic (exact) mass is 368 g/mol. The van der Waals surface area contributed by atoms with E-state index in [1.165, 1.54) is 12.1 Å². The van der Waals surface area contributed by atoms with Crippen LogP contribution in [0.25, 0.3) is 0 Å². The van der Waals surface area contributed by atoms with E-state index in [9.17, 15) is 9.18 Å². The lowest BCUT2D eigenvalue weighted by Gasteiger charge is -2.31. The standard InChI is InChI=1S/C20H21FN4O2/c21-17-6-4-15(5-7-17)11-18-12-22-20(27-18)16-3-1-9-24(13-16)19(26)14-25-10-2-8-23-25/h2,4-8,10,12,16H,1,3,9,11,13-14H2/t16-/m1/s1. The number of piperidine rings is 1. The number of hydrogen-bond donors (Lipinski definition) is 0. The number of hydrogen-bond acceptors (Lipinski definition) is 4. The van der Waals surface area contributed by atoms with Gasteiger partial charge in [0.15, 0.2) is 5.89 Å². The Balaban J connectivity index is 1.39. The lowest BCUT2D eigenvalue weighted by atomic mass is 9.98. The second-order valence-electron chi connectivity index (χ2n) is 6.85. The van der Waals surface area contributed by atoms with Gasteiger partial charge in [-0.25, -0.2) is 9.37 Å². The Morgan fingerprint density at radius 2 is 2.15 bits per heavy atom. The fourth-order valence-electron chi connectivity index (χ4n) is 3.43. The molecule has 1 saturated heterocycles. The van der Waals surface area contributed by atoms with Gasteiger partial charge in [-0.3, -0.25) is 9.48 Å². The van der Waals surface area contributed by atoms with E-state index >= 15 is 0 Å². The molecular formula is C20H21FN4O2. The Hall–Kier alpha value is -2.96. The highest BCUT2D eigenvalue weighted by molar-refractivity contribution is 5.76.